The summed E-state index contributed by atoms with van der Waals surface area (Å²) in [7, 11) is 0. The Morgan fingerprint density at radius 3 is 2.25 bits per heavy atom. The summed E-state index contributed by atoms with van der Waals surface area (Å²) in [5.41, 5.74) is -0.0400. The summed E-state index contributed by atoms with van der Waals surface area (Å²) >= 11 is 1.68. The van der Waals surface area contributed by atoms with Crippen molar-refractivity contribution in [2.24, 2.45) is 0 Å². The molecule has 0 aliphatic carbocycles. The summed E-state index contributed by atoms with van der Waals surface area (Å²) in [5, 5.41) is 10.4. The van der Waals surface area contributed by atoms with E-state index in [4.69, 9.17) is 4.42 Å². The van der Waals surface area contributed by atoms with Crippen molar-refractivity contribution in [3.05, 3.63) is 59.7 Å². The first-order chi connectivity index (χ1) is 13.2. The van der Waals surface area contributed by atoms with Crippen LogP contribution in [0.25, 0.3) is 11.5 Å². The molecule has 1 aromatic heterocycles. The minimum atomic E-state index is -4.42. The molecule has 28 heavy (non-hydrogen) atoms. The van der Waals surface area contributed by atoms with Gasteiger partial charge in [0.25, 0.3) is 5.91 Å². The van der Waals surface area contributed by atoms with Gasteiger partial charge in [-0.2, -0.15) is 13.2 Å². The van der Waals surface area contributed by atoms with Crippen molar-refractivity contribution in [2.75, 3.05) is 5.32 Å². The predicted octanol–water partition coefficient (Wildman–Crippen LogP) is 5.51. The van der Waals surface area contributed by atoms with Crippen LogP contribution in [0.1, 0.15) is 29.8 Å². The van der Waals surface area contributed by atoms with Gasteiger partial charge in [-0.15, -0.1) is 16.9 Å². The van der Waals surface area contributed by atoms with Crippen molar-refractivity contribution in [3.63, 3.8) is 0 Å². The minimum absolute atomic E-state index is 0.00714. The van der Waals surface area contributed by atoms with Crippen molar-refractivity contribution in [2.45, 2.75) is 30.2 Å². The van der Waals surface area contributed by atoms with Gasteiger partial charge < -0.3 is 4.42 Å². The number of aromatic nitrogens is 2. The highest BCUT2D eigenvalue weighted by Crippen LogP contribution is 2.31. The fourth-order valence-electron chi connectivity index (χ4n) is 2.32. The van der Waals surface area contributed by atoms with E-state index in [1.165, 1.54) is 12.1 Å². The van der Waals surface area contributed by atoms with Crippen LogP contribution in [0.5, 0.6) is 0 Å². The summed E-state index contributed by atoms with van der Waals surface area (Å²) in [6, 6.07) is 11.2. The third kappa shape index (κ3) is 4.92. The molecule has 3 aromatic rings. The number of halogens is 3. The van der Waals surface area contributed by atoms with E-state index in [9.17, 15) is 18.0 Å². The van der Waals surface area contributed by atoms with Crippen molar-refractivity contribution < 1.29 is 22.4 Å². The van der Waals surface area contributed by atoms with Gasteiger partial charge in [-0.25, -0.2) is 0 Å². The monoisotopic (exact) mass is 407 g/mol. The van der Waals surface area contributed by atoms with Crippen LogP contribution in [-0.2, 0) is 6.18 Å². The number of carbonyl (C=O) groups is 1. The summed E-state index contributed by atoms with van der Waals surface area (Å²) in [6.45, 7) is 4.16. The molecule has 9 heteroatoms. The Bertz CT molecular complexity index is 952. The Morgan fingerprint density at radius 2 is 1.68 bits per heavy atom. The molecule has 5 nitrogen and oxygen atoms in total. The smallest absolute Gasteiger partial charge is 0.403 e. The van der Waals surface area contributed by atoms with E-state index < -0.39 is 17.6 Å². The zero-order valence-electron chi connectivity index (χ0n) is 14.9. The number of rotatable bonds is 5. The number of hydrogen-bond donors (Lipinski definition) is 1. The van der Waals surface area contributed by atoms with Crippen molar-refractivity contribution in [1.29, 1.82) is 0 Å². The number of amides is 1. The molecule has 2 aromatic carbocycles. The first kappa shape index (κ1) is 19.9. The Hall–Kier alpha value is -2.81. The molecule has 1 N–H and O–H groups in total. The van der Waals surface area contributed by atoms with Crippen molar-refractivity contribution in [3.8, 4) is 11.5 Å². The highest BCUT2D eigenvalue weighted by molar-refractivity contribution is 7.99. The standard InChI is InChI=1S/C19H16F3N3O2S/c1-11(2)28-15-9-5-12(6-10-15)16(26)23-18-25-24-17(27-18)13-3-7-14(8-4-13)19(20,21)22/h3-11H,1-2H3,(H,23,25,26). The average Bonchev–Trinajstić information content (AvgIpc) is 3.09. The van der Waals surface area contributed by atoms with E-state index in [1.807, 2.05) is 12.1 Å². The number of anilines is 1. The molecule has 1 amide bonds. The molecule has 0 aliphatic heterocycles. The molecular formula is C19H16F3N3O2S. The molecule has 0 atom stereocenters. The van der Waals surface area contributed by atoms with Gasteiger partial charge in [-0.3, -0.25) is 10.1 Å². The number of alkyl halides is 3. The second-order valence-electron chi connectivity index (χ2n) is 6.13. The molecule has 146 valence electrons. The Morgan fingerprint density at radius 1 is 1.04 bits per heavy atom. The van der Waals surface area contributed by atoms with Crippen LogP contribution in [0.3, 0.4) is 0 Å². The fraction of sp³-hybridized carbons (Fsp3) is 0.211. The van der Waals surface area contributed by atoms with E-state index in [0.29, 0.717) is 16.4 Å². The number of thioether (sulfide) groups is 1. The highest BCUT2D eigenvalue weighted by atomic mass is 32.2. The maximum atomic E-state index is 12.6. The highest BCUT2D eigenvalue weighted by Gasteiger charge is 2.30. The molecule has 0 saturated carbocycles. The second-order valence-corrected chi connectivity index (χ2v) is 7.78. The molecule has 0 radical (unpaired) electrons. The minimum Gasteiger partial charge on any atom is -0.403 e. The van der Waals surface area contributed by atoms with Crippen LogP contribution in [0.15, 0.2) is 57.8 Å². The maximum absolute atomic E-state index is 12.6. The summed E-state index contributed by atoms with van der Waals surface area (Å²) in [5.74, 6) is -0.420. The van der Waals surface area contributed by atoms with Gasteiger partial charge in [0.1, 0.15) is 0 Å². The molecule has 0 saturated heterocycles. The lowest BCUT2D eigenvalue weighted by atomic mass is 10.1. The second kappa shape index (κ2) is 8.05. The van der Waals surface area contributed by atoms with E-state index in [-0.39, 0.29) is 11.9 Å². The topological polar surface area (TPSA) is 68.0 Å². The SMILES string of the molecule is CC(C)Sc1ccc(C(=O)Nc2nnc(-c3ccc(C(F)(F)F)cc3)o2)cc1. The normalized spacial score (nSPS) is 11.6. The van der Waals surface area contributed by atoms with E-state index in [1.54, 1.807) is 23.9 Å². The molecule has 3 rings (SSSR count). The lowest BCUT2D eigenvalue weighted by Gasteiger charge is -2.06. The van der Waals surface area contributed by atoms with E-state index in [2.05, 4.69) is 29.4 Å². The molecule has 0 fully saturated rings. The van der Waals surface area contributed by atoms with Gasteiger partial charge in [0, 0.05) is 21.3 Å². The third-order valence-corrected chi connectivity index (χ3v) is 4.61. The summed E-state index contributed by atoms with van der Waals surface area (Å²) < 4.78 is 43.2. The van der Waals surface area contributed by atoms with Gasteiger partial charge in [0.05, 0.1) is 5.56 Å². The molecule has 1 heterocycles. The first-order valence-corrected chi connectivity index (χ1v) is 9.19. The fourth-order valence-corrected chi connectivity index (χ4v) is 3.16. The summed E-state index contributed by atoms with van der Waals surface area (Å²) in [6.07, 6.45) is -4.42. The van der Waals surface area contributed by atoms with Gasteiger partial charge in [0.2, 0.25) is 5.89 Å². The van der Waals surface area contributed by atoms with Crippen LogP contribution in [0.2, 0.25) is 0 Å². The zero-order chi connectivity index (χ0) is 20.3. The third-order valence-electron chi connectivity index (χ3n) is 3.59. The molecule has 0 bridgehead atoms. The molecule has 0 unspecified atom stereocenters. The molecule has 0 aliphatic rings. The molecule has 0 spiro atoms. The quantitative estimate of drug-likeness (QED) is 0.565. The van der Waals surface area contributed by atoms with E-state index >= 15 is 0 Å². The Labute approximate surface area is 163 Å². The maximum Gasteiger partial charge on any atom is 0.416 e. The number of hydrogen-bond acceptors (Lipinski definition) is 5. The lowest BCUT2D eigenvalue weighted by molar-refractivity contribution is -0.137. The van der Waals surface area contributed by atoms with Gasteiger partial charge in [0.15, 0.2) is 0 Å². The molecular weight excluding hydrogens is 391 g/mol. The van der Waals surface area contributed by atoms with Crippen LogP contribution in [0, 0.1) is 0 Å². The number of benzene rings is 2. The van der Waals surface area contributed by atoms with Crippen LogP contribution in [0.4, 0.5) is 19.2 Å². The van der Waals surface area contributed by atoms with Crippen molar-refractivity contribution >= 4 is 23.7 Å². The number of carbonyl (C=O) groups excluding carboxylic acids is 1. The van der Waals surface area contributed by atoms with Crippen LogP contribution >= 0.6 is 11.8 Å². The number of nitrogens with one attached hydrogen (secondary N) is 1. The van der Waals surface area contributed by atoms with Crippen molar-refractivity contribution in [1.82, 2.24) is 10.2 Å². The first-order valence-electron chi connectivity index (χ1n) is 8.31. The van der Waals surface area contributed by atoms with Gasteiger partial charge in [-0.05, 0) is 48.5 Å². The van der Waals surface area contributed by atoms with Crippen LogP contribution in [-0.4, -0.2) is 21.4 Å². The zero-order valence-corrected chi connectivity index (χ0v) is 15.8. The lowest BCUT2D eigenvalue weighted by Crippen LogP contribution is -2.11. The van der Waals surface area contributed by atoms with E-state index in [0.717, 1.165) is 17.0 Å². The Kier molecular flexibility index (Phi) is 5.73. The predicted molar refractivity (Wildman–Crippen MR) is 100 cm³/mol. The number of nitrogens with zero attached hydrogens (tertiary/aromatic N) is 2. The van der Waals surface area contributed by atoms with Gasteiger partial charge in [-0.1, -0.05) is 18.9 Å². The largest absolute Gasteiger partial charge is 0.416 e. The Balaban J connectivity index is 1.68. The average molecular weight is 407 g/mol. The summed E-state index contributed by atoms with van der Waals surface area (Å²) in [4.78, 5) is 13.3. The van der Waals surface area contributed by atoms with Crippen LogP contribution < -0.4 is 5.32 Å². The van der Waals surface area contributed by atoms with Gasteiger partial charge >= 0.3 is 12.2 Å².